The minimum Gasteiger partial charge on any atom is -0.269 e. The predicted octanol–water partition coefficient (Wildman–Crippen LogP) is 3.27. The van der Waals surface area contributed by atoms with E-state index in [1.54, 1.807) is 6.07 Å². The number of rotatable bonds is 3. The molecule has 0 saturated heterocycles. The lowest BCUT2D eigenvalue weighted by molar-refractivity contribution is -0.120. The van der Waals surface area contributed by atoms with Crippen LogP contribution < -0.4 is 4.90 Å². The monoisotopic (exact) mass is 281 g/mol. The van der Waals surface area contributed by atoms with Gasteiger partial charge in [0.25, 0.3) is 11.8 Å². The molecule has 0 N–H and O–H groups in total. The van der Waals surface area contributed by atoms with Crippen molar-refractivity contribution in [3.63, 3.8) is 0 Å². The molecule has 3 nitrogen and oxygen atoms in total. The summed E-state index contributed by atoms with van der Waals surface area (Å²) in [4.78, 5) is 26.7. The van der Waals surface area contributed by atoms with E-state index in [4.69, 9.17) is 0 Å². The van der Waals surface area contributed by atoms with E-state index in [-0.39, 0.29) is 11.8 Å². The zero-order valence-electron chi connectivity index (χ0n) is 10.5. The first kappa shape index (κ1) is 12.7. The number of imide groups is 1. The highest BCUT2D eigenvalue weighted by atomic mass is 32.2. The molecule has 20 heavy (non-hydrogen) atoms. The molecule has 0 aliphatic carbocycles. The molecule has 2 aromatic rings. The van der Waals surface area contributed by atoms with Gasteiger partial charge in [-0.25, -0.2) is 4.90 Å². The molecule has 0 aromatic heterocycles. The van der Waals surface area contributed by atoms with E-state index < -0.39 is 0 Å². The zero-order chi connectivity index (χ0) is 13.9. The minimum atomic E-state index is -0.295. The van der Waals surface area contributed by atoms with Crippen LogP contribution in [0, 0.1) is 0 Å². The third-order valence-corrected chi connectivity index (χ3v) is 3.96. The summed E-state index contributed by atoms with van der Waals surface area (Å²) in [6.45, 7) is 0. The van der Waals surface area contributed by atoms with Crippen LogP contribution in [0.2, 0.25) is 0 Å². The number of para-hydroxylation sites is 1. The van der Waals surface area contributed by atoms with Gasteiger partial charge in [-0.3, -0.25) is 9.59 Å². The fourth-order valence-corrected chi connectivity index (χ4v) is 2.94. The third-order valence-electron chi connectivity index (χ3n) is 2.89. The fraction of sp³-hybridized carbons (Fsp3) is 0. The van der Waals surface area contributed by atoms with Gasteiger partial charge in [0.05, 0.1) is 5.69 Å². The SMILES string of the molecule is O=C1C=CC(=O)N1c1ccccc1Sc1ccccc1. The predicted molar refractivity (Wildman–Crippen MR) is 78.6 cm³/mol. The standard InChI is InChI=1S/C16H11NO2S/c18-15-10-11-16(19)17(15)13-8-4-5-9-14(13)20-12-6-2-1-3-7-12/h1-11H. The third kappa shape index (κ3) is 2.38. The second-order valence-corrected chi connectivity index (χ2v) is 5.34. The van der Waals surface area contributed by atoms with Crippen LogP contribution in [0.15, 0.2) is 76.5 Å². The Balaban J connectivity index is 1.97. The summed E-state index contributed by atoms with van der Waals surface area (Å²) in [6, 6.07) is 17.3. The van der Waals surface area contributed by atoms with Crippen LogP contribution in [0.4, 0.5) is 5.69 Å². The Morgan fingerprint density at radius 3 is 2.05 bits per heavy atom. The number of hydrogen-bond donors (Lipinski definition) is 0. The summed E-state index contributed by atoms with van der Waals surface area (Å²) in [7, 11) is 0. The van der Waals surface area contributed by atoms with Crippen molar-refractivity contribution in [2.75, 3.05) is 4.90 Å². The molecular weight excluding hydrogens is 270 g/mol. The summed E-state index contributed by atoms with van der Waals surface area (Å²) < 4.78 is 0. The van der Waals surface area contributed by atoms with Crippen molar-refractivity contribution in [1.82, 2.24) is 0 Å². The average molecular weight is 281 g/mol. The van der Waals surface area contributed by atoms with Crippen molar-refractivity contribution in [2.45, 2.75) is 9.79 Å². The van der Waals surface area contributed by atoms with Gasteiger partial charge >= 0.3 is 0 Å². The van der Waals surface area contributed by atoms with Crippen molar-refractivity contribution < 1.29 is 9.59 Å². The molecule has 2 aromatic carbocycles. The first-order chi connectivity index (χ1) is 9.75. The van der Waals surface area contributed by atoms with Gasteiger partial charge in [-0.05, 0) is 24.3 Å². The molecule has 3 rings (SSSR count). The highest BCUT2D eigenvalue weighted by Gasteiger charge is 2.27. The van der Waals surface area contributed by atoms with Crippen LogP contribution in [0.5, 0.6) is 0 Å². The van der Waals surface area contributed by atoms with Gasteiger partial charge in [-0.2, -0.15) is 0 Å². The van der Waals surface area contributed by atoms with Crippen molar-refractivity contribution >= 4 is 29.3 Å². The molecular formula is C16H11NO2S. The molecule has 0 atom stereocenters. The highest BCUT2D eigenvalue weighted by Crippen LogP contribution is 2.36. The van der Waals surface area contributed by atoms with Gasteiger partial charge in [0, 0.05) is 21.9 Å². The van der Waals surface area contributed by atoms with Crippen LogP contribution in [-0.4, -0.2) is 11.8 Å². The van der Waals surface area contributed by atoms with Gasteiger partial charge in [-0.15, -0.1) is 0 Å². The molecule has 98 valence electrons. The quantitative estimate of drug-likeness (QED) is 0.810. The smallest absolute Gasteiger partial charge is 0.258 e. The number of amides is 2. The maximum absolute atomic E-state index is 11.8. The zero-order valence-corrected chi connectivity index (χ0v) is 11.3. The number of hydrogen-bond acceptors (Lipinski definition) is 3. The van der Waals surface area contributed by atoms with E-state index in [1.807, 2.05) is 48.5 Å². The molecule has 0 fully saturated rings. The normalized spacial score (nSPS) is 14.1. The summed E-state index contributed by atoms with van der Waals surface area (Å²) in [5, 5.41) is 0. The van der Waals surface area contributed by atoms with Crippen LogP contribution in [-0.2, 0) is 9.59 Å². The Bertz CT molecular complexity index is 677. The molecule has 1 heterocycles. The number of carbonyl (C=O) groups is 2. The lowest BCUT2D eigenvalue weighted by Gasteiger charge is -2.17. The summed E-state index contributed by atoms with van der Waals surface area (Å²) in [5.74, 6) is -0.591. The molecule has 0 saturated carbocycles. The number of benzene rings is 2. The van der Waals surface area contributed by atoms with Crippen LogP contribution in [0.1, 0.15) is 0 Å². The van der Waals surface area contributed by atoms with Crippen LogP contribution in [0.25, 0.3) is 0 Å². The molecule has 0 bridgehead atoms. The van der Waals surface area contributed by atoms with Gasteiger partial charge in [0.2, 0.25) is 0 Å². The molecule has 0 unspecified atom stereocenters. The molecule has 0 spiro atoms. The lowest BCUT2D eigenvalue weighted by Crippen LogP contribution is -2.29. The Labute approximate surface area is 120 Å². The first-order valence-corrected chi connectivity index (χ1v) is 6.95. The number of nitrogens with zero attached hydrogens (tertiary/aromatic N) is 1. The number of anilines is 1. The van der Waals surface area contributed by atoms with Crippen LogP contribution in [0.3, 0.4) is 0 Å². The summed E-state index contributed by atoms with van der Waals surface area (Å²) in [6.07, 6.45) is 2.60. The lowest BCUT2D eigenvalue weighted by atomic mass is 10.3. The van der Waals surface area contributed by atoms with Crippen molar-refractivity contribution in [3.05, 3.63) is 66.7 Å². The van der Waals surface area contributed by atoms with Gasteiger partial charge in [0.1, 0.15) is 0 Å². The maximum Gasteiger partial charge on any atom is 0.258 e. The first-order valence-electron chi connectivity index (χ1n) is 6.14. The maximum atomic E-state index is 11.8. The van der Waals surface area contributed by atoms with Crippen molar-refractivity contribution in [3.8, 4) is 0 Å². The fourth-order valence-electron chi connectivity index (χ4n) is 1.98. The number of carbonyl (C=O) groups excluding carboxylic acids is 2. The second-order valence-electron chi connectivity index (χ2n) is 4.23. The van der Waals surface area contributed by atoms with Crippen molar-refractivity contribution in [1.29, 1.82) is 0 Å². The van der Waals surface area contributed by atoms with E-state index >= 15 is 0 Å². The molecule has 1 aliphatic rings. The Hall–Kier alpha value is -2.33. The van der Waals surface area contributed by atoms with Gasteiger partial charge < -0.3 is 0 Å². The van der Waals surface area contributed by atoms with E-state index in [0.29, 0.717) is 5.69 Å². The van der Waals surface area contributed by atoms with Gasteiger partial charge in [0.15, 0.2) is 0 Å². The van der Waals surface area contributed by atoms with E-state index in [9.17, 15) is 9.59 Å². The average Bonchev–Trinajstić information content (AvgIpc) is 2.80. The van der Waals surface area contributed by atoms with Crippen molar-refractivity contribution in [2.24, 2.45) is 0 Å². The van der Waals surface area contributed by atoms with E-state index in [0.717, 1.165) is 9.79 Å². The summed E-state index contributed by atoms with van der Waals surface area (Å²) in [5.41, 5.74) is 0.626. The highest BCUT2D eigenvalue weighted by molar-refractivity contribution is 7.99. The largest absolute Gasteiger partial charge is 0.269 e. The summed E-state index contributed by atoms with van der Waals surface area (Å²) >= 11 is 1.53. The molecule has 0 radical (unpaired) electrons. The Morgan fingerprint density at radius 2 is 1.35 bits per heavy atom. The van der Waals surface area contributed by atoms with Gasteiger partial charge in [-0.1, -0.05) is 42.1 Å². The van der Waals surface area contributed by atoms with E-state index in [1.165, 1.54) is 28.8 Å². The second kappa shape index (κ2) is 5.35. The van der Waals surface area contributed by atoms with E-state index in [2.05, 4.69) is 0 Å². The molecule has 4 heteroatoms. The topological polar surface area (TPSA) is 37.4 Å². The Morgan fingerprint density at radius 1 is 0.750 bits per heavy atom. The molecule has 2 amide bonds. The minimum absolute atomic E-state index is 0.295. The van der Waals surface area contributed by atoms with Crippen LogP contribution >= 0.6 is 11.8 Å². The Kier molecular flexibility index (Phi) is 3.39. The molecule has 1 aliphatic heterocycles.